The molecule has 146 valence electrons. The highest BCUT2D eigenvalue weighted by molar-refractivity contribution is 7.92. The third-order valence-corrected chi connectivity index (χ3v) is 4.99. The molecule has 0 radical (unpaired) electrons. The van der Waals surface area contributed by atoms with E-state index in [1.54, 1.807) is 12.1 Å². The van der Waals surface area contributed by atoms with Gasteiger partial charge in [-0.15, -0.1) is 0 Å². The van der Waals surface area contributed by atoms with Gasteiger partial charge in [0.15, 0.2) is 0 Å². The van der Waals surface area contributed by atoms with Gasteiger partial charge in [-0.1, -0.05) is 0 Å². The minimum absolute atomic E-state index is 0.0995. The van der Waals surface area contributed by atoms with Crippen LogP contribution in [0.3, 0.4) is 0 Å². The summed E-state index contributed by atoms with van der Waals surface area (Å²) in [6.45, 7) is 3.16. The van der Waals surface area contributed by atoms with Crippen LogP contribution >= 0.6 is 0 Å². The molecule has 1 heterocycles. The van der Waals surface area contributed by atoms with Crippen LogP contribution in [0.4, 0.5) is 17.2 Å². The molecule has 8 nitrogen and oxygen atoms in total. The average molecular weight is 391 g/mol. The minimum atomic E-state index is -3.73. The normalized spacial score (nSPS) is 11.3. The monoisotopic (exact) mass is 391 g/mol. The largest absolute Gasteiger partial charge is 0.370 e. The molecule has 0 spiro atoms. The van der Waals surface area contributed by atoms with Gasteiger partial charge in [-0.25, -0.2) is 13.4 Å². The van der Waals surface area contributed by atoms with Crippen molar-refractivity contribution in [3.05, 3.63) is 42.6 Å². The molecule has 0 aliphatic heterocycles. The zero-order chi connectivity index (χ0) is 19.9. The van der Waals surface area contributed by atoms with Gasteiger partial charge in [-0.3, -0.25) is 9.52 Å². The Hall–Kier alpha value is -2.65. The lowest BCUT2D eigenvalue weighted by Gasteiger charge is -2.11. The van der Waals surface area contributed by atoms with Crippen molar-refractivity contribution in [2.75, 3.05) is 42.5 Å². The molecule has 0 saturated heterocycles. The van der Waals surface area contributed by atoms with Gasteiger partial charge in [0.1, 0.15) is 5.82 Å². The number of carbonyl (C=O) groups is 1. The Balaban J connectivity index is 1.95. The number of hydrogen-bond donors (Lipinski definition) is 3. The standard InChI is InChI=1S/C18H25N5O3S/c1-14(24)21-15-5-8-17(9-6-15)27(25,26)22-16-7-10-18(20-13-16)19-11-4-12-23(2)3/h5-10,13,22H,4,11-12H2,1-3H3,(H,19,20)(H,21,24). The molecule has 2 rings (SSSR count). The van der Waals surface area contributed by atoms with Gasteiger partial charge in [-0.05, 0) is 63.5 Å². The number of nitrogens with one attached hydrogen (secondary N) is 3. The van der Waals surface area contributed by atoms with Crippen molar-refractivity contribution in [3.63, 3.8) is 0 Å². The molecule has 27 heavy (non-hydrogen) atoms. The lowest BCUT2D eigenvalue weighted by molar-refractivity contribution is -0.114. The van der Waals surface area contributed by atoms with Crippen LogP contribution in [0.25, 0.3) is 0 Å². The summed E-state index contributed by atoms with van der Waals surface area (Å²) in [5.74, 6) is 0.474. The maximum absolute atomic E-state index is 12.4. The molecule has 0 fully saturated rings. The fourth-order valence-corrected chi connectivity index (χ4v) is 3.35. The predicted molar refractivity (Wildman–Crippen MR) is 107 cm³/mol. The fraction of sp³-hybridized carbons (Fsp3) is 0.333. The number of anilines is 3. The molecule has 0 saturated carbocycles. The van der Waals surface area contributed by atoms with Gasteiger partial charge in [0, 0.05) is 19.2 Å². The molecule has 1 amide bonds. The molecule has 0 unspecified atom stereocenters. The van der Waals surface area contributed by atoms with E-state index in [1.807, 2.05) is 14.1 Å². The van der Waals surface area contributed by atoms with E-state index in [4.69, 9.17) is 0 Å². The summed E-state index contributed by atoms with van der Waals surface area (Å²) >= 11 is 0. The predicted octanol–water partition coefficient (Wildman–Crippen LogP) is 2.20. The highest BCUT2D eigenvalue weighted by Gasteiger charge is 2.14. The van der Waals surface area contributed by atoms with Gasteiger partial charge in [0.25, 0.3) is 10.0 Å². The Morgan fingerprint density at radius 2 is 1.74 bits per heavy atom. The first-order valence-electron chi connectivity index (χ1n) is 8.51. The van der Waals surface area contributed by atoms with Crippen molar-refractivity contribution in [1.82, 2.24) is 9.88 Å². The number of sulfonamides is 1. The van der Waals surface area contributed by atoms with Crippen LogP contribution in [-0.4, -0.2) is 51.4 Å². The Labute approximate surface area is 160 Å². The molecule has 2 aromatic rings. The Morgan fingerprint density at radius 3 is 2.30 bits per heavy atom. The van der Waals surface area contributed by atoms with Crippen molar-refractivity contribution < 1.29 is 13.2 Å². The molecule has 3 N–H and O–H groups in total. The van der Waals surface area contributed by atoms with E-state index in [0.717, 1.165) is 19.5 Å². The van der Waals surface area contributed by atoms with Crippen molar-refractivity contribution in [2.24, 2.45) is 0 Å². The number of pyridine rings is 1. The molecular formula is C18H25N5O3S. The molecule has 1 aromatic carbocycles. The number of nitrogens with zero attached hydrogens (tertiary/aromatic N) is 2. The van der Waals surface area contributed by atoms with E-state index in [1.165, 1.54) is 37.4 Å². The van der Waals surface area contributed by atoms with Gasteiger partial charge >= 0.3 is 0 Å². The molecule has 0 aliphatic rings. The maximum atomic E-state index is 12.4. The minimum Gasteiger partial charge on any atom is -0.370 e. The highest BCUT2D eigenvalue weighted by atomic mass is 32.2. The van der Waals surface area contributed by atoms with Crippen molar-refractivity contribution >= 4 is 33.1 Å². The number of hydrogen-bond acceptors (Lipinski definition) is 6. The van der Waals surface area contributed by atoms with Crippen LogP contribution in [0, 0.1) is 0 Å². The maximum Gasteiger partial charge on any atom is 0.261 e. The zero-order valence-corrected chi connectivity index (χ0v) is 16.5. The number of rotatable bonds is 9. The van der Waals surface area contributed by atoms with Gasteiger partial charge < -0.3 is 15.5 Å². The van der Waals surface area contributed by atoms with Crippen molar-refractivity contribution in [2.45, 2.75) is 18.2 Å². The number of benzene rings is 1. The Kier molecular flexibility index (Phi) is 7.14. The quantitative estimate of drug-likeness (QED) is 0.566. The van der Waals surface area contributed by atoms with E-state index < -0.39 is 10.0 Å². The van der Waals surface area contributed by atoms with Crippen LogP contribution in [-0.2, 0) is 14.8 Å². The van der Waals surface area contributed by atoms with Crippen LogP contribution in [0.2, 0.25) is 0 Å². The Bertz CT molecular complexity index is 850. The molecule has 0 bridgehead atoms. The van der Waals surface area contributed by atoms with E-state index in [9.17, 15) is 13.2 Å². The van der Waals surface area contributed by atoms with Crippen LogP contribution in [0.5, 0.6) is 0 Å². The number of carbonyl (C=O) groups excluding carboxylic acids is 1. The molecule has 0 aliphatic carbocycles. The summed E-state index contributed by atoms with van der Waals surface area (Å²) in [5, 5.41) is 5.79. The first-order chi connectivity index (χ1) is 12.8. The lowest BCUT2D eigenvalue weighted by atomic mass is 10.3. The topological polar surface area (TPSA) is 103 Å². The summed E-state index contributed by atoms with van der Waals surface area (Å²) in [7, 11) is 0.310. The molecule has 1 aromatic heterocycles. The van der Waals surface area contributed by atoms with Gasteiger partial charge in [0.05, 0.1) is 16.8 Å². The third kappa shape index (κ3) is 6.87. The number of amides is 1. The molecule has 0 atom stereocenters. The van der Waals surface area contributed by atoms with E-state index in [-0.39, 0.29) is 10.8 Å². The first-order valence-corrected chi connectivity index (χ1v) is 10.00. The number of aromatic nitrogens is 1. The van der Waals surface area contributed by atoms with E-state index >= 15 is 0 Å². The fourth-order valence-electron chi connectivity index (χ4n) is 2.31. The SMILES string of the molecule is CC(=O)Nc1ccc(S(=O)(=O)Nc2ccc(NCCCN(C)C)nc2)cc1. The average Bonchev–Trinajstić information content (AvgIpc) is 2.59. The zero-order valence-electron chi connectivity index (χ0n) is 15.7. The summed E-state index contributed by atoms with van der Waals surface area (Å²) in [5.41, 5.74) is 0.910. The summed E-state index contributed by atoms with van der Waals surface area (Å²) in [6, 6.07) is 9.32. The van der Waals surface area contributed by atoms with Gasteiger partial charge in [-0.2, -0.15) is 0 Å². The second-order valence-electron chi connectivity index (χ2n) is 6.33. The first kappa shape index (κ1) is 20.7. The van der Waals surface area contributed by atoms with Crippen LogP contribution in [0.1, 0.15) is 13.3 Å². The van der Waals surface area contributed by atoms with Gasteiger partial charge in [0.2, 0.25) is 5.91 Å². The summed E-state index contributed by atoms with van der Waals surface area (Å²) in [6.07, 6.45) is 2.45. The van der Waals surface area contributed by atoms with Crippen molar-refractivity contribution in [3.8, 4) is 0 Å². The highest BCUT2D eigenvalue weighted by Crippen LogP contribution is 2.18. The van der Waals surface area contributed by atoms with E-state index in [0.29, 0.717) is 17.2 Å². The molecular weight excluding hydrogens is 366 g/mol. The second-order valence-corrected chi connectivity index (χ2v) is 8.01. The summed E-state index contributed by atoms with van der Waals surface area (Å²) in [4.78, 5) is 17.4. The third-order valence-electron chi connectivity index (χ3n) is 3.59. The molecule has 9 heteroatoms. The lowest BCUT2D eigenvalue weighted by Crippen LogP contribution is -2.16. The Morgan fingerprint density at radius 1 is 1.07 bits per heavy atom. The van der Waals surface area contributed by atoms with Crippen LogP contribution in [0.15, 0.2) is 47.5 Å². The van der Waals surface area contributed by atoms with Crippen molar-refractivity contribution in [1.29, 1.82) is 0 Å². The second kappa shape index (κ2) is 9.33. The van der Waals surface area contributed by atoms with E-state index in [2.05, 4.69) is 25.2 Å². The van der Waals surface area contributed by atoms with Crippen LogP contribution < -0.4 is 15.4 Å². The summed E-state index contributed by atoms with van der Waals surface area (Å²) < 4.78 is 27.4. The smallest absolute Gasteiger partial charge is 0.261 e.